The Morgan fingerprint density at radius 2 is 1.94 bits per heavy atom. The Kier molecular flexibility index (Phi) is 5.84. The first-order chi connectivity index (χ1) is 16.0. The number of pyridine rings is 2. The molecule has 0 aliphatic carbocycles. The zero-order valence-electron chi connectivity index (χ0n) is 18.5. The fraction of sp³-hybridized carbons (Fsp3) is 0.250. The Balaban J connectivity index is 1.69. The molecule has 2 aromatic heterocycles. The van der Waals surface area contributed by atoms with Gasteiger partial charge in [0, 0.05) is 30.1 Å². The average Bonchev–Trinajstić information content (AvgIpc) is 2.82. The number of aromatic nitrogens is 2. The molecule has 3 aromatic rings. The summed E-state index contributed by atoms with van der Waals surface area (Å²) in [5, 5.41) is 2.40. The number of hydrogen-bond acceptors (Lipinski definition) is 4. The van der Waals surface area contributed by atoms with Crippen LogP contribution in [0.25, 0.3) is 11.1 Å². The molecule has 3 heterocycles. The van der Waals surface area contributed by atoms with Crippen molar-refractivity contribution in [1.29, 1.82) is 0 Å². The Labute approximate surface area is 192 Å². The van der Waals surface area contributed by atoms with Crippen LogP contribution in [-0.2, 0) is 15.5 Å². The van der Waals surface area contributed by atoms with E-state index < -0.39 is 47.5 Å². The van der Waals surface area contributed by atoms with Crippen LogP contribution in [0.3, 0.4) is 0 Å². The number of anilines is 2. The van der Waals surface area contributed by atoms with E-state index in [2.05, 4.69) is 15.3 Å². The monoisotopic (exact) mass is 472 g/mol. The second-order valence-electron chi connectivity index (χ2n) is 8.16. The Bertz CT molecular complexity index is 1310. The van der Waals surface area contributed by atoms with Gasteiger partial charge in [0.05, 0.1) is 28.4 Å². The Hall–Kier alpha value is -3.82. The molecule has 2 amide bonds. The van der Waals surface area contributed by atoms with Gasteiger partial charge in [0.15, 0.2) is 0 Å². The molecule has 1 atom stereocenters. The van der Waals surface area contributed by atoms with Crippen molar-refractivity contribution in [1.82, 2.24) is 9.97 Å². The van der Waals surface area contributed by atoms with Crippen LogP contribution in [0.2, 0.25) is 0 Å². The van der Waals surface area contributed by atoms with Gasteiger partial charge in [-0.3, -0.25) is 14.6 Å². The molecule has 10 heteroatoms. The van der Waals surface area contributed by atoms with Crippen molar-refractivity contribution in [3.05, 3.63) is 71.3 Å². The third-order valence-electron chi connectivity index (χ3n) is 5.56. The van der Waals surface area contributed by atoms with Crippen molar-refractivity contribution in [3.8, 4) is 11.1 Å². The van der Waals surface area contributed by atoms with Crippen LogP contribution in [0.15, 0.2) is 42.6 Å². The number of rotatable bonds is 4. The van der Waals surface area contributed by atoms with Gasteiger partial charge in [-0.25, -0.2) is 18.2 Å². The smallest absolute Gasteiger partial charge is 0.273 e. The summed E-state index contributed by atoms with van der Waals surface area (Å²) >= 11 is 0. The molecule has 0 radical (unpaired) electrons. The number of benzene rings is 1. The van der Waals surface area contributed by atoms with Gasteiger partial charge in [-0.05, 0) is 44.2 Å². The van der Waals surface area contributed by atoms with Gasteiger partial charge in [0.1, 0.15) is 12.4 Å². The first kappa shape index (κ1) is 23.3. The van der Waals surface area contributed by atoms with Crippen molar-refractivity contribution in [3.63, 3.8) is 0 Å². The van der Waals surface area contributed by atoms with Crippen LogP contribution in [0, 0.1) is 18.7 Å². The molecule has 1 aromatic carbocycles. The van der Waals surface area contributed by atoms with E-state index in [1.54, 1.807) is 26.0 Å². The van der Waals surface area contributed by atoms with E-state index >= 15 is 4.39 Å². The third kappa shape index (κ3) is 4.23. The quantitative estimate of drug-likeness (QED) is 0.432. The maximum atomic E-state index is 15.0. The van der Waals surface area contributed by atoms with Gasteiger partial charge in [0.25, 0.3) is 5.92 Å². The topological polar surface area (TPSA) is 75.2 Å². The minimum Gasteiger partial charge on any atom is -0.324 e. The van der Waals surface area contributed by atoms with E-state index in [4.69, 9.17) is 0 Å². The van der Waals surface area contributed by atoms with Crippen LogP contribution in [0.5, 0.6) is 0 Å². The van der Waals surface area contributed by atoms with E-state index in [1.165, 1.54) is 12.3 Å². The van der Waals surface area contributed by atoms with E-state index in [9.17, 15) is 22.8 Å². The number of nitrogens with zero attached hydrogens (tertiary/aromatic N) is 3. The Morgan fingerprint density at radius 1 is 1.21 bits per heavy atom. The predicted octanol–water partition coefficient (Wildman–Crippen LogP) is 4.93. The largest absolute Gasteiger partial charge is 0.324 e. The third-order valence-corrected chi connectivity index (χ3v) is 5.56. The zero-order chi connectivity index (χ0) is 24.8. The minimum absolute atomic E-state index is 0.0415. The minimum atomic E-state index is -3.38. The molecule has 1 aliphatic rings. The zero-order valence-corrected chi connectivity index (χ0v) is 18.5. The van der Waals surface area contributed by atoms with Crippen molar-refractivity contribution < 1.29 is 27.2 Å². The number of carbonyl (C=O) groups excluding carboxylic acids is 2. The molecule has 0 saturated heterocycles. The van der Waals surface area contributed by atoms with Gasteiger partial charge in [-0.2, -0.15) is 4.39 Å². The summed E-state index contributed by atoms with van der Waals surface area (Å²) in [5.41, 5.74) is 0.361. The summed E-state index contributed by atoms with van der Waals surface area (Å²) in [4.78, 5) is 35.3. The Morgan fingerprint density at radius 3 is 2.62 bits per heavy atom. The SMILES string of the molecule is Cc1cc2c(c(F)n1)-c1cccnc1[C@@H](C)C(=O)N2CC(=O)Nc1ccc(C(C)(F)F)c(F)c1. The molecule has 4 rings (SSSR count). The molecule has 0 fully saturated rings. The fourth-order valence-corrected chi connectivity index (χ4v) is 3.98. The van der Waals surface area contributed by atoms with Gasteiger partial charge < -0.3 is 10.2 Å². The number of hydrogen-bond donors (Lipinski definition) is 1. The van der Waals surface area contributed by atoms with E-state index in [0.717, 1.165) is 23.1 Å². The molecule has 176 valence electrons. The van der Waals surface area contributed by atoms with Gasteiger partial charge in [-0.1, -0.05) is 6.07 Å². The lowest BCUT2D eigenvalue weighted by atomic mass is 9.98. The fourth-order valence-electron chi connectivity index (χ4n) is 3.98. The van der Waals surface area contributed by atoms with Gasteiger partial charge in [0.2, 0.25) is 17.8 Å². The van der Waals surface area contributed by atoms with Crippen LogP contribution < -0.4 is 10.2 Å². The second-order valence-corrected chi connectivity index (χ2v) is 8.16. The maximum Gasteiger partial charge on any atom is 0.273 e. The molecule has 0 bridgehead atoms. The maximum absolute atomic E-state index is 15.0. The van der Waals surface area contributed by atoms with Gasteiger partial charge in [-0.15, -0.1) is 0 Å². The second kappa shape index (κ2) is 8.51. The number of fused-ring (bicyclic) bond motifs is 3. The molecule has 0 unspecified atom stereocenters. The first-order valence-corrected chi connectivity index (χ1v) is 10.4. The highest BCUT2D eigenvalue weighted by molar-refractivity contribution is 6.09. The van der Waals surface area contributed by atoms with Gasteiger partial charge >= 0.3 is 0 Å². The summed E-state index contributed by atoms with van der Waals surface area (Å²) in [5.74, 6) is -7.39. The molecular weight excluding hydrogens is 452 g/mol. The molecule has 0 spiro atoms. The summed E-state index contributed by atoms with van der Waals surface area (Å²) in [6.07, 6.45) is 1.49. The standard InChI is InChI=1S/C24H20F4N4O2/c1-12-9-18-20(22(26)30-12)15-5-4-8-29-21(15)13(2)23(34)32(18)11-19(33)31-14-6-7-16(17(25)10-14)24(3,27)28/h4-10,13H,11H2,1-3H3,(H,31,33)/t13-/m1/s1. The summed E-state index contributed by atoms with van der Waals surface area (Å²) in [6.45, 7) is 3.19. The average molecular weight is 472 g/mol. The number of aryl methyl sites for hydroxylation is 1. The first-order valence-electron chi connectivity index (χ1n) is 10.4. The molecular formula is C24H20F4N4O2. The molecule has 1 aliphatic heterocycles. The lowest BCUT2D eigenvalue weighted by molar-refractivity contribution is -0.122. The van der Waals surface area contributed by atoms with Crippen LogP contribution >= 0.6 is 0 Å². The van der Waals surface area contributed by atoms with Crippen molar-refractivity contribution in [2.24, 2.45) is 0 Å². The number of amides is 2. The van der Waals surface area contributed by atoms with Crippen molar-refractivity contribution in [2.45, 2.75) is 32.6 Å². The highest BCUT2D eigenvalue weighted by Gasteiger charge is 2.35. The number of carbonyl (C=O) groups is 2. The molecule has 0 saturated carbocycles. The molecule has 6 nitrogen and oxygen atoms in total. The number of alkyl halides is 2. The normalized spacial score (nSPS) is 15.4. The summed E-state index contributed by atoms with van der Waals surface area (Å²) in [7, 11) is 0. The lowest BCUT2D eigenvalue weighted by Crippen LogP contribution is -2.40. The van der Waals surface area contributed by atoms with E-state index in [1.807, 2.05) is 0 Å². The van der Waals surface area contributed by atoms with Crippen molar-refractivity contribution >= 4 is 23.2 Å². The summed E-state index contributed by atoms with van der Waals surface area (Å²) < 4.78 is 56.0. The summed E-state index contributed by atoms with van der Waals surface area (Å²) in [6, 6.07) is 7.53. The highest BCUT2D eigenvalue weighted by Crippen LogP contribution is 2.41. The lowest BCUT2D eigenvalue weighted by Gasteiger charge is -2.24. The van der Waals surface area contributed by atoms with E-state index in [0.29, 0.717) is 23.9 Å². The highest BCUT2D eigenvalue weighted by atomic mass is 19.3. The predicted molar refractivity (Wildman–Crippen MR) is 118 cm³/mol. The van der Waals surface area contributed by atoms with E-state index in [-0.39, 0.29) is 16.9 Å². The number of halogens is 4. The van der Waals surface area contributed by atoms with Crippen LogP contribution in [0.1, 0.15) is 36.7 Å². The molecule has 34 heavy (non-hydrogen) atoms. The van der Waals surface area contributed by atoms with Crippen LogP contribution in [0.4, 0.5) is 28.9 Å². The van der Waals surface area contributed by atoms with Crippen molar-refractivity contribution in [2.75, 3.05) is 16.8 Å². The number of nitrogens with one attached hydrogen (secondary N) is 1. The van der Waals surface area contributed by atoms with Crippen LogP contribution in [-0.4, -0.2) is 28.3 Å². The molecule has 1 N–H and O–H groups in total.